The van der Waals surface area contributed by atoms with Crippen LogP contribution in [0.4, 0.5) is 24.8 Å². The predicted octanol–water partition coefficient (Wildman–Crippen LogP) is 7.68. The van der Waals surface area contributed by atoms with Gasteiger partial charge in [-0.15, -0.1) is 0 Å². The first-order valence-electron chi connectivity index (χ1n) is 14.1. The first kappa shape index (κ1) is 28.4. The zero-order valence-electron chi connectivity index (χ0n) is 23.6. The van der Waals surface area contributed by atoms with E-state index in [1.165, 1.54) is 11.6 Å². The minimum atomic E-state index is -4.47. The number of nitrogens with zero attached hydrogens (tertiary/aromatic N) is 4. The van der Waals surface area contributed by atoms with Gasteiger partial charge < -0.3 is 15.0 Å². The number of imidazole rings is 1. The smallest absolute Gasteiger partial charge is 0.416 e. The second kappa shape index (κ2) is 12.3. The van der Waals surface area contributed by atoms with E-state index in [2.05, 4.69) is 32.3 Å². The molecule has 0 aliphatic carbocycles. The second-order valence-corrected chi connectivity index (χ2v) is 10.6. The monoisotopic (exact) mass is 584 g/mol. The van der Waals surface area contributed by atoms with Crippen LogP contribution in [0.25, 0.3) is 22.6 Å². The summed E-state index contributed by atoms with van der Waals surface area (Å²) in [7, 11) is 1.60. The first-order chi connectivity index (χ1) is 20.9. The van der Waals surface area contributed by atoms with Crippen molar-refractivity contribution in [2.45, 2.75) is 31.5 Å². The molecule has 6 rings (SSSR count). The van der Waals surface area contributed by atoms with E-state index in [-0.39, 0.29) is 5.92 Å². The Balaban J connectivity index is 1.30. The number of aromatic nitrogens is 4. The van der Waals surface area contributed by atoms with Crippen LogP contribution in [-0.4, -0.2) is 45.0 Å². The van der Waals surface area contributed by atoms with Crippen molar-refractivity contribution in [1.82, 2.24) is 24.8 Å². The van der Waals surface area contributed by atoms with Crippen LogP contribution in [0.2, 0.25) is 0 Å². The number of benzene rings is 3. The highest BCUT2D eigenvalue weighted by Crippen LogP contribution is 2.37. The van der Waals surface area contributed by atoms with Crippen molar-refractivity contribution in [1.29, 1.82) is 0 Å². The van der Waals surface area contributed by atoms with E-state index in [4.69, 9.17) is 14.7 Å². The zero-order valence-corrected chi connectivity index (χ0v) is 23.6. The molecule has 0 amide bonds. The van der Waals surface area contributed by atoms with Crippen LogP contribution in [0, 0.1) is 0 Å². The Labute approximate surface area is 247 Å². The summed E-state index contributed by atoms with van der Waals surface area (Å²) in [5.41, 5.74) is 3.21. The molecule has 5 aromatic rings. The Hall–Kier alpha value is -4.70. The van der Waals surface area contributed by atoms with E-state index in [9.17, 15) is 13.2 Å². The molecule has 0 radical (unpaired) electrons. The van der Waals surface area contributed by atoms with Gasteiger partial charge in [-0.1, -0.05) is 42.5 Å². The van der Waals surface area contributed by atoms with E-state index < -0.39 is 11.7 Å². The fourth-order valence-electron chi connectivity index (χ4n) is 5.39. The van der Waals surface area contributed by atoms with Gasteiger partial charge in [-0.05, 0) is 74.0 Å². The summed E-state index contributed by atoms with van der Waals surface area (Å²) in [6.45, 7) is 2.69. The highest BCUT2D eigenvalue weighted by Gasteiger charge is 2.31. The standard InChI is InChI=1S/C33H31F3N6O/c1-43-27-12-10-26(11-13-27)38-32-37-17-14-28(39-32)30-29(24-8-5-9-25(20-24)33(34,35)36)40-31(41-30)23-15-18-42(19-16-23)21-22-6-3-2-4-7-22/h2-14,17,20,23H,15-16,18-19,21H2,1H3,(H,40,41)(H,37,38,39). The quantitative estimate of drug-likeness (QED) is 0.195. The number of piperidine rings is 1. The average molecular weight is 585 g/mol. The number of aromatic amines is 1. The third-order valence-electron chi connectivity index (χ3n) is 7.67. The zero-order chi connectivity index (χ0) is 29.8. The van der Waals surface area contributed by atoms with Gasteiger partial charge in [0, 0.05) is 29.9 Å². The molecule has 43 heavy (non-hydrogen) atoms. The highest BCUT2D eigenvalue weighted by molar-refractivity contribution is 5.77. The van der Waals surface area contributed by atoms with Crippen LogP contribution < -0.4 is 10.1 Å². The summed E-state index contributed by atoms with van der Waals surface area (Å²) in [6.07, 6.45) is -1.08. The lowest BCUT2D eigenvalue weighted by molar-refractivity contribution is -0.137. The van der Waals surface area contributed by atoms with E-state index in [0.29, 0.717) is 28.6 Å². The fourth-order valence-corrected chi connectivity index (χ4v) is 5.39. The van der Waals surface area contributed by atoms with E-state index in [1.807, 2.05) is 42.5 Å². The van der Waals surface area contributed by atoms with E-state index in [0.717, 1.165) is 61.9 Å². The van der Waals surface area contributed by atoms with Crippen molar-refractivity contribution in [3.8, 4) is 28.4 Å². The molecular formula is C33H31F3N6O. The number of alkyl halides is 3. The van der Waals surface area contributed by atoms with Gasteiger partial charge >= 0.3 is 6.18 Å². The predicted molar refractivity (Wildman–Crippen MR) is 160 cm³/mol. The number of methoxy groups -OCH3 is 1. The SMILES string of the molecule is COc1ccc(Nc2nccc(-c3[nH]c(C4CCN(Cc5ccccc5)CC4)nc3-c3cccc(C(F)(F)F)c3)n2)cc1. The minimum Gasteiger partial charge on any atom is -0.497 e. The van der Waals surface area contributed by atoms with Crippen LogP contribution >= 0.6 is 0 Å². The van der Waals surface area contributed by atoms with Gasteiger partial charge in [0.05, 0.1) is 29.8 Å². The Kier molecular flexibility index (Phi) is 8.11. The summed E-state index contributed by atoms with van der Waals surface area (Å²) in [6, 6.07) is 24.7. The summed E-state index contributed by atoms with van der Waals surface area (Å²) in [5, 5.41) is 3.18. The molecule has 3 aromatic carbocycles. The number of halogens is 3. The van der Waals surface area contributed by atoms with Crippen LogP contribution in [0.3, 0.4) is 0 Å². The van der Waals surface area contributed by atoms with Crippen molar-refractivity contribution in [3.05, 3.63) is 108 Å². The molecule has 0 saturated carbocycles. The number of H-pyrrole nitrogens is 1. The molecule has 0 spiro atoms. The summed E-state index contributed by atoms with van der Waals surface area (Å²) in [4.78, 5) is 19.8. The third-order valence-corrected chi connectivity index (χ3v) is 7.67. The third kappa shape index (κ3) is 6.70. The van der Waals surface area contributed by atoms with Crippen molar-refractivity contribution in [2.75, 3.05) is 25.5 Å². The highest BCUT2D eigenvalue weighted by atomic mass is 19.4. The molecule has 1 aliphatic rings. The Morgan fingerprint density at radius 3 is 2.42 bits per heavy atom. The van der Waals surface area contributed by atoms with Gasteiger partial charge in [0.2, 0.25) is 5.95 Å². The van der Waals surface area contributed by atoms with Crippen molar-refractivity contribution >= 4 is 11.6 Å². The molecule has 1 fully saturated rings. The van der Waals surface area contributed by atoms with Crippen molar-refractivity contribution in [3.63, 3.8) is 0 Å². The van der Waals surface area contributed by atoms with Gasteiger partial charge in [-0.3, -0.25) is 4.90 Å². The number of hydrogen-bond donors (Lipinski definition) is 2. The lowest BCUT2D eigenvalue weighted by atomic mass is 9.96. The maximum Gasteiger partial charge on any atom is 0.416 e. The fraction of sp³-hybridized carbons (Fsp3) is 0.242. The van der Waals surface area contributed by atoms with Crippen LogP contribution in [0.15, 0.2) is 91.1 Å². The molecule has 1 saturated heterocycles. The van der Waals surface area contributed by atoms with E-state index >= 15 is 0 Å². The van der Waals surface area contributed by atoms with Gasteiger partial charge in [-0.25, -0.2) is 15.0 Å². The topological polar surface area (TPSA) is 79.0 Å². The minimum absolute atomic E-state index is 0.143. The van der Waals surface area contributed by atoms with Crippen LogP contribution in [-0.2, 0) is 12.7 Å². The normalized spacial score (nSPS) is 14.5. The van der Waals surface area contributed by atoms with Gasteiger partial charge in [0.1, 0.15) is 11.6 Å². The van der Waals surface area contributed by atoms with Crippen molar-refractivity contribution < 1.29 is 17.9 Å². The Bertz CT molecular complexity index is 1660. The molecule has 2 aromatic heterocycles. The number of rotatable bonds is 8. The number of anilines is 2. The summed E-state index contributed by atoms with van der Waals surface area (Å²) < 4.78 is 46.1. The first-order valence-corrected chi connectivity index (χ1v) is 14.1. The Morgan fingerprint density at radius 1 is 0.930 bits per heavy atom. The molecule has 1 aliphatic heterocycles. The maximum atomic E-state index is 13.6. The van der Waals surface area contributed by atoms with Crippen LogP contribution in [0.5, 0.6) is 5.75 Å². The Morgan fingerprint density at radius 2 is 1.70 bits per heavy atom. The van der Waals surface area contributed by atoms with Crippen molar-refractivity contribution in [2.24, 2.45) is 0 Å². The lowest BCUT2D eigenvalue weighted by Gasteiger charge is -2.31. The molecule has 220 valence electrons. The molecule has 0 atom stereocenters. The average Bonchev–Trinajstić information content (AvgIpc) is 3.48. The molecule has 3 heterocycles. The maximum absolute atomic E-state index is 13.6. The molecule has 7 nitrogen and oxygen atoms in total. The summed E-state index contributed by atoms with van der Waals surface area (Å²) >= 11 is 0. The van der Waals surface area contributed by atoms with E-state index in [1.54, 1.807) is 25.4 Å². The lowest BCUT2D eigenvalue weighted by Crippen LogP contribution is -2.32. The molecule has 0 bridgehead atoms. The van der Waals surface area contributed by atoms with Gasteiger partial charge in [0.25, 0.3) is 0 Å². The van der Waals surface area contributed by atoms with Crippen LogP contribution in [0.1, 0.15) is 35.7 Å². The second-order valence-electron chi connectivity index (χ2n) is 10.6. The number of likely N-dealkylation sites (tertiary alicyclic amines) is 1. The number of nitrogens with one attached hydrogen (secondary N) is 2. The largest absolute Gasteiger partial charge is 0.497 e. The molecular weight excluding hydrogens is 553 g/mol. The number of hydrogen-bond acceptors (Lipinski definition) is 6. The summed E-state index contributed by atoms with van der Waals surface area (Å²) in [5.74, 6) is 1.97. The van der Waals surface area contributed by atoms with Gasteiger partial charge in [0.15, 0.2) is 0 Å². The molecule has 2 N–H and O–H groups in total. The molecule has 10 heteroatoms. The number of ether oxygens (including phenoxy) is 1. The van der Waals surface area contributed by atoms with Gasteiger partial charge in [-0.2, -0.15) is 13.2 Å². The molecule has 0 unspecified atom stereocenters.